The predicted octanol–water partition coefficient (Wildman–Crippen LogP) is 2.37. The van der Waals surface area contributed by atoms with Crippen molar-refractivity contribution in [3.8, 4) is 5.75 Å². The summed E-state index contributed by atoms with van der Waals surface area (Å²) in [5.74, 6) is 1.69. The lowest BCUT2D eigenvalue weighted by Crippen LogP contribution is -2.28. The van der Waals surface area contributed by atoms with Crippen LogP contribution in [0.25, 0.3) is 0 Å². The highest BCUT2D eigenvalue weighted by atomic mass is 32.2. The lowest BCUT2D eigenvalue weighted by atomic mass is 10.1. The monoisotopic (exact) mass is 283 g/mol. The number of benzene rings is 1. The topological polar surface area (TPSA) is 38.3 Å². The minimum Gasteiger partial charge on any atom is -0.497 e. The van der Waals surface area contributed by atoms with Crippen LogP contribution >= 0.6 is 0 Å². The Balaban J connectivity index is 2.18. The largest absolute Gasteiger partial charge is 0.497 e. The summed E-state index contributed by atoms with van der Waals surface area (Å²) in [5, 5.41) is 3.47. The summed E-state index contributed by atoms with van der Waals surface area (Å²) in [4.78, 5) is 0. The van der Waals surface area contributed by atoms with E-state index in [9.17, 15) is 4.21 Å². The van der Waals surface area contributed by atoms with Crippen molar-refractivity contribution < 1.29 is 8.95 Å². The second-order valence-electron chi connectivity index (χ2n) is 4.87. The van der Waals surface area contributed by atoms with Gasteiger partial charge >= 0.3 is 0 Å². The molecule has 0 radical (unpaired) electrons. The molecule has 2 atom stereocenters. The number of methoxy groups -OCH3 is 1. The molecule has 0 heterocycles. The lowest BCUT2D eigenvalue weighted by molar-refractivity contribution is 0.414. The van der Waals surface area contributed by atoms with E-state index in [-0.39, 0.29) is 0 Å². The van der Waals surface area contributed by atoms with E-state index in [1.54, 1.807) is 13.4 Å². The van der Waals surface area contributed by atoms with Gasteiger partial charge in [-0.2, -0.15) is 0 Å². The van der Waals surface area contributed by atoms with Gasteiger partial charge in [-0.25, -0.2) is 0 Å². The molecular formula is C15H25NO2S. The van der Waals surface area contributed by atoms with Crippen LogP contribution in [0.15, 0.2) is 24.3 Å². The number of rotatable bonds is 9. The first-order valence-electron chi connectivity index (χ1n) is 6.78. The van der Waals surface area contributed by atoms with E-state index in [2.05, 4.69) is 24.4 Å². The van der Waals surface area contributed by atoms with Crippen LogP contribution in [0.2, 0.25) is 0 Å². The second-order valence-corrected chi connectivity index (χ2v) is 6.43. The van der Waals surface area contributed by atoms with Gasteiger partial charge in [-0.15, -0.1) is 0 Å². The minimum absolute atomic E-state index is 0.493. The van der Waals surface area contributed by atoms with Gasteiger partial charge in [0.25, 0.3) is 0 Å². The third-order valence-corrected chi connectivity index (χ3v) is 3.99. The van der Waals surface area contributed by atoms with Crippen LogP contribution in [0.5, 0.6) is 5.75 Å². The van der Waals surface area contributed by atoms with E-state index < -0.39 is 10.8 Å². The van der Waals surface area contributed by atoms with E-state index in [1.807, 2.05) is 12.1 Å². The van der Waals surface area contributed by atoms with Gasteiger partial charge in [0.1, 0.15) is 5.75 Å². The predicted molar refractivity (Wildman–Crippen MR) is 82.3 cm³/mol. The molecule has 0 aliphatic rings. The molecule has 0 amide bonds. The van der Waals surface area contributed by atoms with E-state index in [1.165, 1.54) is 5.56 Å². The highest BCUT2D eigenvalue weighted by Gasteiger charge is 2.02. The highest BCUT2D eigenvalue weighted by Crippen LogP contribution is 2.13. The standard InChI is InChI=1S/C15H25NO2S/c1-13(16-11-4-12-19(3)17)5-6-14-7-9-15(18-2)10-8-14/h7-10,13,16H,4-6,11-12H2,1-3H3. The zero-order valence-corrected chi connectivity index (χ0v) is 13.0. The lowest BCUT2D eigenvalue weighted by Gasteiger charge is -2.13. The Labute approximate surface area is 119 Å². The molecule has 0 aliphatic heterocycles. The fourth-order valence-corrected chi connectivity index (χ4v) is 2.45. The Morgan fingerprint density at radius 3 is 2.58 bits per heavy atom. The summed E-state index contributed by atoms with van der Waals surface area (Å²) in [6, 6.07) is 8.73. The maximum atomic E-state index is 10.9. The summed E-state index contributed by atoms with van der Waals surface area (Å²) < 4.78 is 16.1. The van der Waals surface area contributed by atoms with Crippen molar-refractivity contribution in [2.24, 2.45) is 0 Å². The third-order valence-electron chi connectivity index (χ3n) is 3.13. The van der Waals surface area contributed by atoms with Crippen LogP contribution < -0.4 is 10.1 Å². The van der Waals surface area contributed by atoms with Crippen molar-refractivity contribution >= 4 is 10.8 Å². The first-order chi connectivity index (χ1) is 9.11. The molecule has 1 aromatic carbocycles. The molecule has 0 bridgehead atoms. The van der Waals surface area contributed by atoms with Crippen molar-refractivity contribution in [3.63, 3.8) is 0 Å². The Hall–Kier alpha value is -0.870. The van der Waals surface area contributed by atoms with Crippen molar-refractivity contribution in [2.45, 2.75) is 32.2 Å². The normalized spacial score (nSPS) is 14.1. The molecule has 3 nitrogen and oxygen atoms in total. The third kappa shape index (κ3) is 7.33. The number of hydrogen-bond donors (Lipinski definition) is 1. The van der Waals surface area contributed by atoms with Gasteiger partial charge < -0.3 is 10.1 Å². The van der Waals surface area contributed by atoms with Crippen molar-refractivity contribution in [2.75, 3.05) is 25.7 Å². The molecular weight excluding hydrogens is 258 g/mol. The van der Waals surface area contributed by atoms with Gasteiger partial charge in [0.05, 0.1) is 7.11 Å². The molecule has 2 unspecified atom stereocenters. The molecule has 0 saturated heterocycles. The van der Waals surface area contributed by atoms with Gasteiger partial charge in [0.15, 0.2) is 0 Å². The molecule has 0 saturated carbocycles. The van der Waals surface area contributed by atoms with Crippen LogP contribution in [0.3, 0.4) is 0 Å². The number of ether oxygens (including phenoxy) is 1. The average Bonchev–Trinajstić information content (AvgIpc) is 2.41. The maximum absolute atomic E-state index is 10.9. The SMILES string of the molecule is COc1ccc(CCC(C)NCCCS(C)=O)cc1. The Morgan fingerprint density at radius 2 is 2.00 bits per heavy atom. The summed E-state index contributed by atoms with van der Waals surface area (Å²) in [5.41, 5.74) is 1.34. The van der Waals surface area contributed by atoms with Crippen LogP contribution in [-0.4, -0.2) is 35.9 Å². The smallest absolute Gasteiger partial charge is 0.118 e. The second kappa shape index (κ2) is 9.10. The minimum atomic E-state index is -0.669. The Kier molecular flexibility index (Phi) is 7.75. The van der Waals surface area contributed by atoms with Gasteiger partial charge in [-0.3, -0.25) is 4.21 Å². The van der Waals surface area contributed by atoms with E-state index in [4.69, 9.17) is 4.74 Å². The number of hydrogen-bond acceptors (Lipinski definition) is 3. The molecule has 1 aromatic rings. The van der Waals surface area contributed by atoms with Gasteiger partial charge in [0.2, 0.25) is 0 Å². The molecule has 0 aliphatic carbocycles. The number of nitrogens with one attached hydrogen (secondary N) is 1. The zero-order valence-electron chi connectivity index (χ0n) is 12.1. The zero-order chi connectivity index (χ0) is 14.1. The molecule has 1 rings (SSSR count). The summed E-state index contributed by atoms with van der Waals surface area (Å²) in [7, 11) is 1.02. The summed E-state index contributed by atoms with van der Waals surface area (Å²) in [6.45, 7) is 3.15. The first kappa shape index (κ1) is 16.2. The fourth-order valence-electron chi connectivity index (χ4n) is 1.90. The fraction of sp³-hybridized carbons (Fsp3) is 0.600. The Bertz CT molecular complexity index is 378. The summed E-state index contributed by atoms with van der Waals surface area (Å²) in [6.07, 6.45) is 4.92. The van der Waals surface area contributed by atoms with E-state index >= 15 is 0 Å². The van der Waals surface area contributed by atoms with Gasteiger partial charge in [0, 0.05) is 28.9 Å². The molecule has 0 aromatic heterocycles. The molecule has 0 fully saturated rings. The molecule has 1 N–H and O–H groups in total. The average molecular weight is 283 g/mol. The van der Waals surface area contributed by atoms with E-state index in [0.717, 1.165) is 37.3 Å². The maximum Gasteiger partial charge on any atom is 0.118 e. The first-order valence-corrected chi connectivity index (χ1v) is 8.51. The highest BCUT2D eigenvalue weighted by molar-refractivity contribution is 7.84. The van der Waals surface area contributed by atoms with Gasteiger partial charge in [-0.05, 0) is 50.4 Å². The van der Waals surface area contributed by atoms with Crippen molar-refractivity contribution in [1.29, 1.82) is 0 Å². The van der Waals surface area contributed by atoms with E-state index in [0.29, 0.717) is 6.04 Å². The summed E-state index contributed by atoms with van der Waals surface area (Å²) >= 11 is 0. The number of aryl methyl sites for hydroxylation is 1. The Morgan fingerprint density at radius 1 is 1.32 bits per heavy atom. The quantitative estimate of drug-likeness (QED) is 0.707. The van der Waals surface area contributed by atoms with Crippen LogP contribution in [0.4, 0.5) is 0 Å². The van der Waals surface area contributed by atoms with Gasteiger partial charge in [-0.1, -0.05) is 12.1 Å². The van der Waals surface area contributed by atoms with Crippen LogP contribution in [0.1, 0.15) is 25.3 Å². The molecule has 19 heavy (non-hydrogen) atoms. The molecule has 4 heteroatoms. The van der Waals surface area contributed by atoms with Crippen LogP contribution in [-0.2, 0) is 17.2 Å². The van der Waals surface area contributed by atoms with Crippen molar-refractivity contribution in [3.05, 3.63) is 29.8 Å². The van der Waals surface area contributed by atoms with Crippen molar-refractivity contribution in [1.82, 2.24) is 5.32 Å². The molecule has 0 spiro atoms. The van der Waals surface area contributed by atoms with Crippen LogP contribution in [0, 0.1) is 0 Å². The molecule has 108 valence electrons.